The Morgan fingerprint density at radius 2 is 1.82 bits per heavy atom. The van der Waals surface area contributed by atoms with E-state index in [2.05, 4.69) is 53.7 Å². The standard InChI is InChI=1S/C35H39N5O4/c1-4-22-20-25(13-14-26(22)23-16-18-39(19-17-23)35(43)44-3)37-30-15-12-24-8-6-9-27(33(24)30)29-10-7-11-32(38-29)40-31(5-2)28(21-36-40)34(41)42/h6-11,13-14,20-21,23,30,37H,4-5,12,15-19H2,1-3H3,(H,41,42). The van der Waals surface area contributed by atoms with Crippen LogP contribution in [0.2, 0.25) is 0 Å². The zero-order chi connectivity index (χ0) is 30.8. The first kappa shape index (κ1) is 29.4. The van der Waals surface area contributed by atoms with E-state index in [9.17, 15) is 14.7 Å². The molecule has 2 aliphatic rings. The molecule has 1 fully saturated rings. The summed E-state index contributed by atoms with van der Waals surface area (Å²) < 4.78 is 6.55. The number of pyridine rings is 1. The molecule has 0 bridgehead atoms. The number of fused-ring (bicyclic) bond motifs is 1. The van der Waals surface area contributed by atoms with Crippen LogP contribution in [0.1, 0.15) is 83.4 Å². The normalized spacial score (nSPS) is 16.5. The van der Waals surface area contributed by atoms with Gasteiger partial charge in [0, 0.05) is 24.3 Å². The Bertz CT molecular complexity index is 1690. The van der Waals surface area contributed by atoms with E-state index >= 15 is 0 Å². The summed E-state index contributed by atoms with van der Waals surface area (Å²) in [6.07, 6.45) is 6.49. The second-order valence-electron chi connectivity index (χ2n) is 11.6. The highest BCUT2D eigenvalue weighted by Crippen LogP contribution is 2.41. The first-order chi connectivity index (χ1) is 21.4. The van der Waals surface area contributed by atoms with Crippen LogP contribution < -0.4 is 5.32 Å². The number of hydrogen-bond acceptors (Lipinski definition) is 6. The van der Waals surface area contributed by atoms with Gasteiger partial charge in [0.05, 0.1) is 30.7 Å². The number of amides is 1. The second kappa shape index (κ2) is 12.5. The summed E-state index contributed by atoms with van der Waals surface area (Å²) in [6, 6.07) is 19.2. The number of ether oxygens (including phenoxy) is 1. The molecule has 228 valence electrons. The molecule has 2 aromatic carbocycles. The molecule has 1 aliphatic carbocycles. The van der Waals surface area contributed by atoms with Crippen LogP contribution in [0.5, 0.6) is 0 Å². The van der Waals surface area contributed by atoms with Crippen molar-refractivity contribution in [3.8, 4) is 17.1 Å². The van der Waals surface area contributed by atoms with Gasteiger partial charge >= 0.3 is 12.1 Å². The number of aryl methyl sites for hydroxylation is 2. The van der Waals surface area contributed by atoms with Crippen LogP contribution in [0, 0.1) is 0 Å². The SMILES string of the molecule is CCc1cc(NC2CCc3cccc(-c4cccc(-n5ncc(C(=O)O)c5CC)n4)c32)ccc1C1CCN(C(=O)OC)CC1. The Morgan fingerprint density at radius 1 is 1.02 bits per heavy atom. The van der Waals surface area contributed by atoms with Crippen LogP contribution in [0.3, 0.4) is 0 Å². The summed E-state index contributed by atoms with van der Waals surface area (Å²) >= 11 is 0. The van der Waals surface area contributed by atoms with Crippen LogP contribution in [-0.2, 0) is 24.0 Å². The van der Waals surface area contributed by atoms with E-state index in [0.29, 0.717) is 23.9 Å². The number of carboxylic acid groups (broad SMARTS) is 1. The van der Waals surface area contributed by atoms with E-state index < -0.39 is 5.97 Å². The van der Waals surface area contributed by atoms with Gasteiger partial charge in [-0.2, -0.15) is 5.10 Å². The number of carbonyl (C=O) groups excluding carboxylic acids is 1. The number of aromatic nitrogens is 3. The number of carboxylic acids is 1. The van der Waals surface area contributed by atoms with E-state index in [1.807, 2.05) is 25.1 Å². The van der Waals surface area contributed by atoms with Gasteiger partial charge in [-0.3, -0.25) is 0 Å². The summed E-state index contributed by atoms with van der Waals surface area (Å²) in [7, 11) is 1.44. The molecule has 9 heteroatoms. The van der Waals surface area contributed by atoms with Gasteiger partial charge in [-0.1, -0.05) is 44.2 Å². The van der Waals surface area contributed by atoms with Crippen molar-refractivity contribution < 1.29 is 19.4 Å². The van der Waals surface area contributed by atoms with Crippen molar-refractivity contribution in [1.82, 2.24) is 19.7 Å². The molecule has 0 radical (unpaired) electrons. The molecule has 9 nitrogen and oxygen atoms in total. The van der Waals surface area contributed by atoms with E-state index in [-0.39, 0.29) is 17.7 Å². The molecule has 6 rings (SSSR count). The minimum atomic E-state index is -0.984. The lowest BCUT2D eigenvalue weighted by Crippen LogP contribution is -2.37. The number of rotatable bonds is 8. The van der Waals surface area contributed by atoms with Crippen LogP contribution in [0.4, 0.5) is 10.5 Å². The van der Waals surface area contributed by atoms with Crippen LogP contribution in [0.25, 0.3) is 17.1 Å². The summed E-state index contributed by atoms with van der Waals surface area (Å²) in [5.74, 6) is 0.0569. The minimum absolute atomic E-state index is 0.139. The van der Waals surface area contributed by atoms with E-state index in [4.69, 9.17) is 9.72 Å². The fraction of sp³-hybridized carbons (Fsp3) is 0.371. The number of likely N-dealkylation sites (tertiary alicyclic amines) is 1. The van der Waals surface area contributed by atoms with Crippen molar-refractivity contribution >= 4 is 17.7 Å². The van der Waals surface area contributed by atoms with Crippen molar-refractivity contribution in [3.05, 3.63) is 94.3 Å². The Labute approximate surface area is 257 Å². The number of anilines is 1. The predicted molar refractivity (Wildman–Crippen MR) is 170 cm³/mol. The third-order valence-corrected chi connectivity index (χ3v) is 9.14. The topological polar surface area (TPSA) is 110 Å². The largest absolute Gasteiger partial charge is 0.478 e. The van der Waals surface area contributed by atoms with E-state index in [1.54, 1.807) is 9.58 Å². The van der Waals surface area contributed by atoms with E-state index in [1.165, 1.54) is 35.6 Å². The third-order valence-electron chi connectivity index (χ3n) is 9.14. The number of nitrogens with one attached hydrogen (secondary N) is 1. The van der Waals surface area contributed by atoms with Crippen LogP contribution in [0.15, 0.2) is 60.8 Å². The molecule has 1 aliphatic heterocycles. The summed E-state index contributed by atoms with van der Waals surface area (Å²) in [6.45, 7) is 5.57. The highest BCUT2D eigenvalue weighted by Gasteiger charge is 2.28. The Hall–Kier alpha value is -4.66. The van der Waals surface area contributed by atoms with E-state index in [0.717, 1.165) is 62.1 Å². The summed E-state index contributed by atoms with van der Waals surface area (Å²) in [4.78, 5) is 30.4. The quantitative estimate of drug-likeness (QED) is 0.231. The molecule has 4 aromatic rings. The van der Waals surface area contributed by atoms with Gasteiger partial charge in [-0.05, 0) is 91.0 Å². The number of carbonyl (C=O) groups is 2. The van der Waals surface area contributed by atoms with Crippen molar-refractivity contribution in [2.24, 2.45) is 0 Å². The van der Waals surface area contributed by atoms with Crippen LogP contribution in [-0.4, -0.2) is 57.0 Å². The number of hydrogen-bond donors (Lipinski definition) is 2. The Kier molecular flexibility index (Phi) is 8.37. The lowest BCUT2D eigenvalue weighted by atomic mass is 9.85. The Morgan fingerprint density at radius 3 is 2.55 bits per heavy atom. The average molecular weight is 594 g/mol. The van der Waals surface area contributed by atoms with Gasteiger partial charge < -0.3 is 20.1 Å². The number of nitrogens with zero attached hydrogens (tertiary/aromatic N) is 4. The fourth-order valence-electron chi connectivity index (χ4n) is 6.94. The molecule has 1 amide bonds. The predicted octanol–water partition coefficient (Wildman–Crippen LogP) is 6.80. The molecule has 2 aromatic heterocycles. The lowest BCUT2D eigenvalue weighted by Gasteiger charge is -2.32. The summed E-state index contributed by atoms with van der Waals surface area (Å²) in [5, 5.41) is 17.8. The lowest BCUT2D eigenvalue weighted by molar-refractivity contribution is 0.0695. The zero-order valence-electron chi connectivity index (χ0n) is 25.5. The average Bonchev–Trinajstić information content (AvgIpc) is 3.69. The van der Waals surface area contributed by atoms with Gasteiger partial charge in [-0.25, -0.2) is 19.3 Å². The van der Waals surface area contributed by atoms with Crippen molar-refractivity contribution in [2.75, 3.05) is 25.5 Å². The molecule has 0 saturated carbocycles. The fourth-order valence-corrected chi connectivity index (χ4v) is 6.94. The molecule has 44 heavy (non-hydrogen) atoms. The van der Waals surface area contributed by atoms with Crippen molar-refractivity contribution in [3.63, 3.8) is 0 Å². The molecule has 3 heterocycles. The maximum atomic E-state index is 11.9. The first-order valence-electron chi connectivity index (χ1n) is 15.5. The number of piperidine rings is 1. The highest BCUT2D eigenvalue weighted by molar-refractivity contribution is 5.88. The molecule has 1 atom stereocenters. The molecule has 2 N–H and O–H groups in total. The molecule has 0 spiro atoms. The van der Waals surface area contributed by atoms with Gasteiger partial charge in [-0.15, -0.1) is 0 Å². The maximum Gasteiger partial charge on any atom is 0.409 e. The molecule has 1 unspecified atom stereocenters. The number of aromatic carboxylic acids is 1. The van der Waals surface area contributed by atoms with Crippen molar-refractivity contribution in [2.45, 2.75) is 64.3 Å². The van der Waals surface area contributed by atoms with Gasteiger partial charge in [0.1, 0.15) is 5.56 Å². The van der Waals surface area contributed by atoms with Gasteiger partial charge in [0.15, 0.2) is 5.82 Å². The first-order valence-corrected chi connectivity index (χ1v) is 15.5. The van der Waals surface area contributed by atoms with Crippen molar-refractivity contribution in [1.29, 1.82) is 0 Å². The Balaban J connectivity index is 1.26. The molecular formula is C35H39N5O4. The molecular weight excluding hydrogens is 554 g/mol. The van der Waals surface area contributed by atoms with Gasteiger partial charge in [0.2, 0.25) is 0 Å². The number of benzene rings is 2. The maximum absolute atomic E-state index is 11.9. The zero-order valence-corrected chi connectivity index (χ0v) is 25.5. The smallest absolute Gasteiger partial charge is 0.409 e. The van der Waals surface area contributed by atoms with Crippen LogP contribution >= 0.6 is 0 Å². The third kappa shape index (κ3) is 5.54. The second-order valence-corrected chi connectivity index (χ2v) is 11.6. The van der Waals surface area contributed by atoms with Gasteiger partial charge in [0.25, 0.3) is 0 Å². The summed E-state index contributed by atoms with van der Waals surface area (Å²) in [5.41, 5.74) is 9.16. The highest BCUT2D eigenvalue weighted by atomic mass is 16.5. The monoisotopic (exact) mass is 593 g/mol. The molecule has 1 saturated heterocycles. The number of methoxy groups -OCH3 is 1. The minimum Gasteiger partial charge on any atom is -0.478 e.